The zero-order valence-electron chi connectivity index (χ0n) is 10.5. The quantitative estimate of drug-likeness (QED) is 0.676. The van der Waals surface area contributed by atoms with Gasteiger partial charge in [0.05, 0.1) is 6.61 Å². The summed E-state index contributed by atoms with van der Waals surface area (Å²) in [6.45, 7) is 5.12. The maximum absolute atomic E-state index is 5.79. The zero-order valence-corrected chi connectivity index (χ0v) is 11.3. The number of hydrogen-bond acceptors (Lipinski definition) is 2. The molecule has 0 aliphatic carbocycles. The predicted molar refractivity (Wildman–Crippen MR) is 74.0 cm³/mol. The average molecular weight is 256 g/mol. The monoisotopic (exact) mass is 255 g/mol. The summed E-state index contributed by atoms with van der Waals surface area (Å²) in [6, 6.07) is 7.49. The van der Waals surface area contributed by atoms with Crippen molar-refractivity contribution in [3.8, 4) is 5.75 Å². The minimum Gasteiger partial charge on any atom is -0.494 e. The molecule has 1 aromatic rings. The van der Waals surface area contributed by atoms with Gasteiger partial charge < -0.3 is 10.1 Å². The molecule has 0 spiro atoms. The Balaban J connectivity index is 1.95. The van der Waals surface area contributed by atoms with Crippen molar-refractivity contribution in [3.05, 3.63) is 29.3 Å². The van der Waals surface area contributed by atoms with E-state index in [9.17, 15) is 0 Å². The molecule has 2 nitrogen and oxygen atoms in total. The largest absolute Gasteiger partial charge is 0.494 e. The zero-order chi connectivity index (χ0) is 12.3. The Morgan fingerprint density at radius 2 is 1.76 bits per heavy atom. The average Bonchev–Trinajstić information content (AvgIpc) is 2.35. The topological polar surface area (TPSA) is 21.3 Å². The van der Waals surface area contributed by atoms with Gasteiger partial charge in [0, 0.05) is 5.02 Å². The molecule has 1 N–H and O–H groups in total. The molecule has 0 heterocycles. The van der Waals surface area contributed by atoms with E-state index in [2.05, 4.69) is 12.2 Å². The highest BCUT2D eigenvalue weighted by molar-refractivity contribution is 6.30. The maximum Gasteiger partial charge on any atom is 0.119 e. The van der Waals surface area contributed by atoms with E-state index in [1.165, 1.54) is 19.3 Å². The van der Waals surface area contributed by atoms with Gasteiger partial charge in [0.25, 0.3) is 0 Å². The first kappa shape index (κ1) is 14.3. The molecule has 0 unspecified atom stereocenters. The van der Waals surface area contributed by atoms with Crippen LogP contribution in [-0.2, 0) is 0 Å². The van der Waals surface area contributed by atoms with Crippen molar-refractivity contribution in [3.63, 3.8) is 0 Å². The maximum atomic E-state index is 5.79. The number of nitrogens with one attached hydrogen (secondary N) is 1. The van der Waals surface area contributed by atoms with Gasteiger partial charge in [-0.3, -0.25) is 0 Å². The number of rotatable bonds is 9. The second-order valence-electron chi connectivity index (χ2n) is 4.11. The Morgan fingerprint density at radius 3 is 2.47 bits per heavy atom. The van der Waals surface area contributed by atoms with Crippen LogP contribution in [0.4, 0.5) is 0 Å². The summed E-state index contributed by atoms with van der Waals surface area (Å²) in [5.41, 5.74) is 0. The lowest BCUT2D eigenvalue weighted by molar-refractivity contribution is 0.308. The molecule has 0 amide bonds. The minimum absolute atomic E-state index is 0.745. The first-order valence-corrected chi connectivity index (χ1v) is 6.80. The predicted octanol–water partition coefficient (Wildman–Crippen LogP) is 3.89. The first-order chi connectivity index (χ1) is 8.33. The minimum atomic E-state index is 0.745. The van der Waals surface area contributed by atoms with Crippen LogP contribution in [0.5, 0.6) is 5.75 Å². The molecule has 0 saturated heterocycles. The van der Waals surface area contributed by atoms with Crippen LogP contribution in [0, 0.1) is 0 Å². The molecule has 1 rings (SSSR count). The summed E-state index contributed by atoms with van der Waals surface area (Å²) in [4.78, 5) is 0. The molecule has 3 heteroatoms. The third-order valence-electron chi connectivity index (χ3n) is 2.54. The molecule has 0 fully saturated rings. The fourth-order valence-corrected chi connectivity index (χ4v) is 1.67. The number of hydrogen-bond donors (Lipinski definition) is 1. The van der Waals surface area contributed by atoms with E-state index in [1.807, 2.05) is 24.3 Å². The molecule has 1 aromatic carbocycles. The van der Waals surface area contributed by atoms with Crippen LogP contribution in [0.2, 0.25) is 5.02 Å². The lowest BCUT2D eigenvalue weighted by Crippen LogP contribution is -2.18. The van der Waals surface area contributed by atoms with E-state index in [-0.39, 0.29) is 0 Å². The summed E-state index contributed by atoms with van der Waals surface area (Å²) in [7, 11) is 0. The standard InChI is InChI=1S/C14H22ClNO/c1-2-3-4-10-16-11-5-12-17-14-8-6-13(15)7-9-14/h6-9,16H,2-5,10-12H2,1H3. The smallest absolute Gasteiger partial charge is 0.119 e. The van der Waals surface area contributed by atoms with Crippen molar-refractivity contribution in [2.24, 2.45) is 0 Å². The van der Waals surface area contributed by atoms with Gasteiger partial charge in [-0.2, -0.15) is 0 Å². The Morgan fingerprint density at radius 1 is 1.06 bits per heavy atom. The molecule has 0 aliphatic rings. The van der Waals surface area contributed by atoms with Gasteiger partial charge in [0.1, 0.15) is 5.75 Å². The third-order valence-corrected chi connectivity index (χ3v) is 2.79. The van der Waals surface area contributed by atoms with E-state index in [0.29, 0.717) is 0 Å². The number of benzene rings is 1. The van der Waals surface area contributed by atoms with Crippen LogP contribution in [0.1, 0.15) is 32.6 Å². The Labute approximate surface area is 109 Å². The molecular formula is C14H22ClNO. The second kappa shape index (κ2) is 9.32. The van der Waals surface area contributed by atoms with Crippen LogP contribution in [-0.4, -0.2) is 19.7 Å². The number of ether oxygens (including phenoxy) is 1. The highest BCUT2D eigenvalue weighted by Crippen LogP contribution is 2.15. The van der Waals surface area contributed by atoms with E-state index in [4.69, 9.17) is 16.3 Å². The molecule has 0 aliphatic heterocycles. The van der Waals surface area contributed by atoms with E-state index < -0.39 is 0 Å². The fraction of sp³-hybridized carbons (Fsp3) is 0.571. The fourth-order valence-electron chi connectivity index (χ4n) is 1.54. The van der Waals surface area contributed by atoms with Crippen molar-refractivity contribution in [2.75, 3.05) is 19.7 Å². The number of unbranched alkanes of at least 4 members (excludes halogenated alkanes) is 2. The summed E-state index contributed by atoms with van der Waals surface area (Å²) in [5.74, 6) is 0.889. The molecule has 0 saturated carbocycles. The van der Waals surface area contributed by atoms with Crippen LogP contribution < -0.4 is 10.1 Å². The molecule has 0 bridgehead atoms. The SMILES string of the molecule is CCCCCNCCCOc1ccc(Cl)cc1. The molecular weight excluding hydrogens is 234 g/mol. The third kappa shape index (κ3) is 7.24. The van der Waals surface area contributed by atoms with Gasteiger partial charge in [-0.25, -0.2) is 0 Å². The Bertz CT molecular complexity index is 287. The molecule has 0 radical (unpaired) electrons. The van der Waals surface area contributed by atoms with Crippen LogP contribution >= 0.6 is 11.6 Å². The van der Waals surface area contributed by atoms with Gasteiger partial charge in [0.2, 0.25) is 0 Å². The Hall–Kier alpha value is -0.730. The van der Waals surface area contributed by atoms with Crippen LogP contribution in [0.3, 0.4) is 0 Å². The van der Waals surface area contributed by atoms with Crippen molar-refractivity contribution < 1.29 is 4.74 Å². The van der Waals surface area contributed by atoms with Gasteiger partial charge in [-0.05, 0) is 50.2 Å². The van der Waals surface area contributed by atoms with E-state index >= 15 is 0 Å². The molecule has 17 heavy (non-hydrogen) atoms. The summed E-state index contributed by atoms with van der Waals surface area (Å²) in [6.07, 6.45) is 4.90. The molecule has 0 atom stereocenters. The van der Waals surface area contributed by atoms with E-state index in [0.717, 1.165) is 36.9 Å². The highest BCUT2D eigenvalue weighted by atomic mass is 35.5. The van der Waals surface area contributed by atoms with Gasteiger partial charge >= 0.3 is 0 Å². The van der Waals surface area contributed by atoms with Crippen LogP contribution in [0.15, 0.2) is 24.3 Å². The van der Waals surface area contributed by atoms with Crippen molar-refractivity contribution in [1.29, 1.82) is 0 Å². The Kier molecular flexibility index (Phi) is 7.85. The summed E-state index contributed by atoms with van der Waals surface area (Å²) in [5, 5.41) is 4.16. The van der Waals surface area contributed by atoms with Crippen molar-refractivity contribution >= 4 is 11.6 Å². The summed E-state index contributed by atoms with van der Waals surface area (Å²) >= 11 is 5.79. The van der Waals surface area contributed by atoms with Crippen LogP contribution in [0.25, 0.3) is 0 Å². The number of halogens is 1. The van der Waals surface area contributed by atoms with Gasteiger partial charge in [-0.15, -0.1) is 0 Å². The van der Waals surface area contributed by atoms with Gasteiger partial charge in [0.15, 0.2) is 0 Å². The van der Waals surface area contributed by atoms with Crippen molar-refractivity contribution in [1.82, 2.24) is 5.32 Å². The second-order valence-corrected chi connectivity index (χ2v) is 4.55. The normalized spacial score (nSPS) is 10.5. The van der Waals surface area contributed by atoms with E-state index in [1.54, 1.807) is 0 Å². The lowest BCUT2D eigenvalue weighted by atomic mass is 10.2. The first-order valence-electron chi connectivity index (χ1n) is 6.42. The van der Waals surface area contributed by atoms with Crippen molar-refractivity contribution in [2.45, 2.75) is 32.6 Å². The summed E-state index contributed by atoms with van der Waals surface area (Å²) < 4.78 is 5.59. The molecule has 96 valence electrons. The highest BCUT2D eigenvalue weighted by Gasteiger charge is 1.94. The molecule has 0 aromatic heterocycles. The van der Waals surface area contributed by atoms with Gasteiger partial charge in [-0.1, -0.05) is 31.4 Å². The lowest BCUT2D eigenvalue weighted by Gasteiger charge is -2.07.